The Balaban J connectivity index is 2.68. The minimum Gasteiger partial charge on any atom is -0.479 e. The topological polar surface area (TPSA) is 84.3 Å². The van der Waals surface area contributed by atoms with Gasteiger partial charge in [0.1, 0.15) is 11.6 Å². The van der Waals surface area contributed by atoms with Crippen LogP contribution in [-0.4, -0.2) is 40.8 Å². The SMILES string of the molecule is CCc1cc(NCC(OC)C(=O)O)nc(C)n1. The van der Waals surface area contributed by atoms with E-state index in [4.69, 9.17) is 9.84 Å². The van der Waals surface area contributed by atoms with Gasteiger partial charge in [0.25, 0.3) is 0 Å². The Labute approximate surface area is 100 Å². The van der Waals surface area contributed by atoms with E-state index < -0.39 is 12.1 Å². The van der Waals surface area contributed by atoms with E-state index in [0.29, 0.717) is 11.6 Å². The molecule has 0 fully saturated rings. The quantitative estimate of drug-likeness (QED) is 0.766. The van der Waals surface area contributed by atoms with E-state index in [9.17, 15) is 4.79 Å². The van der Waals surface area contributed by atoms with Crippen molar-refractivity contribution in [3.63, 3.8) is 0 Å². The number of methoxy groups -OCH3 is 1. The van der Waals surface area contributed by atoms with Gasteiger partial charge >= 0.3 is 5.97 Å². The van der Waals surface area contributed by atoms with Crippen LogP contribution in [0.15, 0.2) is 6.07 Å². The van der Waals surface area contributed by atoms with Gasteiger partial charge in [-0.3, -0.25) is 0 Å². The van der Waals surface area contributed by atoms with Crippen molar-refractivity contribution in [2.75, 3.05) is 19.0 Å². The molecule has 1 aromatic rings. The highest BCUT2D eigenvalue weighted by atomic mass is 16.5. The molecule has 1 heterocycles. The van der Waals surface area contributed by atoms with Crippen molar-refractivity contribution < 1.29 is 14.6 Å². The normalized spacial score (nSPS) is 12.2. The van der Waals surface area contributed by atoms with Crippen molar-refractivity contribution in [3.8, 4) is 0 Å². The summed E-state index contributed by atoms with van der Waals surface area (Å²) < 4.78 is 4.81. The third-order valence-electron chi connectivity index (χ3n) is 2.28. The molecule has 6 nitrogen and oxygen atoms in total. The number of rotatable bonds is 6. The van der Waals surface area contributed by atoms with Gasteiger partial charge in [-0.2, -0.15) is 0 Å². The van der Waals surface area contributed by atoms with E-state index in [2.05, 4.69) is 15.3 Å². The molecule has 0 aliphatic heterocycles. The molecule has 1 atom stereocenters. The van der Waals surface area contributed by atoms with Gasteiger partial charge in [0.05, 0.1) is 6.54 Å². The van der Waals surface area contributed by atoms with E-state index in [0.717, 1.165) is 12.1 Å². The number of nitrogens with one attached hydrogen (secondary N) is 1. The van der Waals surface area contributed by atoms with Gasteiger partial charge in [-0.15, -0.1) is 0 Å². The number of ether oxygens (including phenoxy) is 1. The van der Waals surface area contributed by atoms with Crippen LogP contribution in [0.2, 0.25) is 0 Å². The molecule has 1 unspecified atom stereocenters. The molecule has 17 heavy (non-hydrogen) atoms. The Morgan fingerprint density at radius 3 is 2.82 bits per heavy atom. The van der Waals surface area contributed by atoms with Crippen molar-refractivity contribution >= 4 is 11.8 Å². The number of aryl methyl sites for hydroxylation is 2. The van der Waals surface area contributed by atoms with Crippen molar-refractivity contribution in [2.45, 2.75) is 26.4 Å². The first kappa shape index (κ1) is 13.4. The molecule has 0 radical (unpaired) electrons. The zero-order chi connectivity index (χ0) is 12.8. The minimum atomic E-state index is -0.999. The van der Waals surface area contributed by atoms with Crippen LogP contribution in [0.3, 0.4) is 0 Å². The fraction of sp³-hybridized carbons (Fsp3) is 0.545. The first-order chi connectivity index (χ1) is 8.06. The minimum absolute atomic E-state index is 0.172. The molecular formula is C11H17N3O3. The van der Waals surface area contributed by atoms with E-state index in [1.807, 2.05) is 13.0 Å². The molecule has 0 amide bonds. The second-order valence-electron chi connectivity index (χ2n) is 3.59. The predicted molar refractivity (Wildman–Crippen MR) is 63.1 cm³/mol. The highest BCUT2D eigenvalue weighted by Gasteiger charge is 2.16. The molecule has 0 spiro atoms. The average molecular weight is 239 g/mol. The number of hydrogen-bond donors (Lipinski definition) is 2. The number of carbonyl (C=O) groups is 1. The largest absolute Gasteiger partial charge is 0.479 e. The van der Waals surface area contributed by atoms with Gasteiger partial charge in [0.2, 0.25) is 0 Å². The molecule has 2 N–H and O–H groups in total. The van der Waals surface area contributed by atoms with Gasteiger partial charge in [-0.25, -0.2) is 14.8 Å². The second kappa shape index (κ2) is 6.15. The average Bonchev–Trinajstić information content (AvgIpc) is 2.28. The van der Waals surface area contributed by atoms with Crippen LogP contribution in [0, 0.1) is 6.92 Å². The fourth-order valence-electron chi connectivity index (χ4n) is 1.37. The lowest BCUT2D eigenvalue weighted by Gasteiger charge is -2.12. The number of hydrogen-bond acceptors (Lipinski definition) is 5. The summed E-state index contributed by atoms with van der Waals surface area (Å²) in [4.78, 5) is 19.2. The van der Waals surface area contributed by atoms with Gasteiger partial charge in [-0.05, 0) is 13.3 Å². The van der Waals surface area contributed by atoms with Gasteiger partial charge in [0.15, 0.2) is 6.10 Å². The molecule has 0 aliphatic rings. The van der Waals surface area contributed by atoms with Crippen LogP contribution in [-0.2, 0) is 16.0 Å². The molecule has 0 aromatic carbocycles. The molecule has 1 rings (SSSR count). The van der Waals surface area contributed by atoms with E-state index in [-0.39, 0.29) is 6.54 Å². The standard InChI is InChI=1S/C11H17N3O3/c1-4-8-5-10(14-7(2)13-8)12-6-9(17-3)11(15)16/h5,9H,4,6H2,1-3H3,(H,15,16)(H,12,13,14). The molecule has 0 saturated heterocycles. The number of aromatic nitrogens is 2. The third-order valence-corrected chi connectivity index (χ3v) is 2.28. The summed E-state index contributed by atoms with van der Waals surface area (Å²) in [6, 6.07) is 1.81. The van der Waals surface area contributed by atoms with E-state index >= 15 is 0 Å². The highest BCUT2D eigenvalue weighted by molar-refractivity contribution is 5.73. The van der Waals surface area contributed by atoms with Gasteiger partial charge in [0, 0.05) is 18.9 Å². The monoisotopic (exact) mass is 239 g/mol. The van der Waals surface area contributed by atoms with Crippen molar-refractivity contribution in [1.82, 2.24) is 9.97 Å². The summed E-state index contributed by atoms with van der Waals surface area (Å²) in [5.41, 5.74) is 0.921. The molecule has 0 bridgehead atoms. The van der Waals surface area contributed by atoms with Crippen LogP contribution in [0.5, 0.6) is 0 Å². The summed E-state index contributed by atoms with van der Waals surface area (Å²) in [5, 5.41) is 11.7. The maximum Gasteiger partial charge on any atom is 0.334 e. The summed E-state index contributed by atoms with van der Waals surface area (Å²) in [7, 11) is 1.36. The lowest BCUT2D eigenvalue weighted by atomic mass is 10.3. The van der Waals surface area contributed by atoms with Crippen molar-refractivity contribution in [2.24, 2.45) is 0 Å². The molecule has 6 heteroatoms. The lowest BCUT2D eigenvalue weighted by molar-refractivity contribution is -0.147. The smallest absolute Gasteiger partial charge is 0.334 e. The van der Waals surface area contributed by atoms with Gasteiger partial charge in [-0.1, -0.05) is 6.92 Å². The van der Waals surface area contributed by atoms with Gasteiger partial charge < -0.3 is 15.2 Å². The molecule has 0 saturated carbocycles. The number of nitrogens with zero attached hydrogens (tertiary/aromatic N) is 2. The van der Waals surface area contributed by atoms with Crippen LogP contribution < -0.4 is 5.32 Å². The van der Waals surface area contributed by atoms with Crippen molar-refractivity contribution in [3.05, 3.63) is 17.6 Å². The summed E-state index contributed by atoms with van der Waals surface area (Å²) in [6.07, 6.45) is -0.0691. The first-order valence-electron chi connectivity index (χ1n) is 5.40. The third kappa shape index (κ3) is 3.99. The van der Waals surface area contributed by atoms with Crippen LogP contribution in [0.4, 0.5) is 5.82 Å². The Kier molecular flexibility index (Phi) is 4.84. The van der Waals surface area contributed by atoms with Crippen LogP contribution in [0.1, 0.15) is 18.4 Å². The molecule has 1 aromatic heterocycles. The van der Waals surface area contributed by atoms with E-state index in [1.165, 1.54) is 7.11 Å². The van der Waals surface area contributed by atoms with E-state index in [1.54, 1.807) is 6.92 Å². The number of aliphatic carboxylic acids is 1. The lowest BCUT2D eigenvalue weighted by Crippen LogP contribution is -2.30. The van der Waals surface area contributed by atoms with Crippen LogP contribution >= 0.6 is 0 Å². The Bertz CT molecular complexity index is 396. The second-order valence-corrected chi connectivity index (χ2v) is 3.59. The number of carboxylic acid groups (broad SMARTS) is 1. The first-order valence-corrected chi connectivity index (χ1v) is 5.40. The maximum atomic E-state index is 10.7. The molecule has 94 valence electrons. The Hall–Kier alpha value is -1.69. The number of anilines is 1. The predicted octanol–water partition coefficient (Wildman–Crippen LogP) is 0.859. The summed E-state index contributed by atoms with van der Waals surface area (Å²) in [6.45, 7) is 3.97. The Morgan fingerprint density at radius 1 is 1.59 bits per heavy atom. The highest BCUT2D eigenvalue weighted by Crippen LogP contribution is 2.07. The summed E-state index contributed by atoms with van der Waals surface area (Å²) >= 11 is 0. The fourth-order valence-corrected chi connectivity index (χ4v) is 1.37. The summed E-state index contributed by atoms with van der Waals surface area (Å²) in [5.74, 6) is 0.287. The van der Waals surface area contributed by atoms with Crippen LogP contribution in [0.25, 0.3) is 0 Å². The zero-order valence-electron chi connectivity index (χ0n) is 10.2. The Morgan fingerprint density at radius 2 is 2.29 bits per heavy atom. The molecule has 0 aliphatic carbocycles. The zero-order valence-corrected chi connectivity index (χ0v) is 10.2. The van der Waals surface area contributed by atoms with Crippen molar-refractivity contribution in [1.29, 1.82) is 0 Å². The molecular weight excluding hydrogens is 222 g/mol. The number of carboxylic acids is 1. The maximum absolute atomic E-state index is 10.7.